The molecule has 1 N–H and O–H groups in total. The van der Waals surface area contributed by atoms with E-state index in [2.05, 4.69) is 5.32 Å². The number of thioether (sulfide) groups is 1. The third-order valence-corrected chi connectivity index (χ3v) is 3.40. The van der Waals surface area contributed by atoms with E-state index in [4.69, 9.17) is 4.74 Å². The van der Waals surface area contributed by atoms with Crippen LogP contribution in [0.4, 0.5) is 0 Å². The van der Waals surface area contributed by atoms with Crippen LogP contribution in [0.2, 0.25) is 0 Å². The van der Waals surface area contributed by atoms with Crippen LogP contribution in [0, 0.1) is 0 Å². The van der Waals surface area contributed by atoms with Crippen LogP contribution in [0.1, 0.15) is 13.8 Å². The Hall–Kier alpha value is -0.260. The molecular formula is C10H20N2O2S. The standard InChI is InChI=1S/C10H20N2O2S/c1-8(2)12(4-5-14-3)10(13)9-6-15-7-11-9/h8-9,11H,4-7H2,1-3H3. The van der Waals surface area contributed by atoms with Gasteiger partial charge in [0.2, 0.25) is 5.91 Å². The molecule has 1 saturated heterocycles. The van der Waals surface area contributed by atoms with Gasteiger partial charge in [-0.1, -0.05) is 0 Å². The minimum atomic E-state index is -0.00532. The van der Waals surface area contributed by atoms with Crippen LogP contribution < -0.4 is 5.32 Å². The molecule has 1 fully saturated rings. The molecule has 0 aromatic heterocycles. The Kier molecular flexibility index (Phi) is 5.42. The van der Waals surface area contributed by atoms with Gasteiger partial charge in [-0.2, -0.15) is 0 Å². The van der Waals surface area contributed by atoms with Gasteiger partial charge < -0.3 is 9.64 Å². The van der Waals surface area contributed by atoms with Crippen LogP contribution >= 0.6 is 11.8 Å². The number of hydrogen-bond acceptors (Lipinski definition) is 4. The second kappa shape index (κ2) is 6.35. The van der Waals surface area contributed by atoms with Crippen LogP contribution in [0.25, 0.3) is 0 Å². The molecule has 1 unspecified atom stereocenters. The molecule has 0 radical (unpaired) electrons. The molecule has 0 aromatic rings. The van der Waals surface area contributed by atoms with Gasteiger partial charge in [0, 0.05) is 31.3 Å². The Morgan fingerprint density at radius 2 is 2.40 bits per heavy atom. The number of carbonyl (C=O) groups excluding carboxylic acids is 1. The lowest BCUT2D eigenvalue weighted by molar-refractivity contribution is -0.135. The second-order valence-corrected chi connectivity index (χ2v) is 4.92. The fourth-order valence-corrected chi connectivity index (χ4v) is 2.50. The van der Waals surface area contributed by atoms with Crippen LogP contribution in [-0.4, -0.2) is 54.8 Å². The van der Waals surface area contributed by atoms with Crippen molar-refractivity contribution in [2.75, 3.05) is 31.9 Å². The Labute approximate surface area is 95.7 Å². The van der Waals surface area contributed by atoms with E-state index in [1.54, 1.807) is 18.9 Å². The maximum atomic E-state index is 12.1. The van der Waals surface area contributed by atoms with Crippen molar-refractivity contribution < 1.29 is 9.53 Å². The normalized spacial score (nSPS) is 20.9. The first-order valence-electron chi connectivity index (χ1n) is 5.27. The SMILES string of the molecule is COCCN(C(=O)C1CSCN1)C(C)C. The molecule has 1 atom stereocenters. The molecule has 88 valence electrons. The molecule has 4 nitrogen and oxygen atoms in total. The van der Waals surface area contributed by atoms with Gasteiger partial charge in [-0.05, 0) is 13.8 Å². The monoisotopic (exact) mass is 232 g/mol. The Morgan fingerprint density at radius 3 is 2.87 bits per heavy atom. The van der Waals surface area contributed by atoms with Gasteiger partial charge in [0.05, 0.1) is 12.6 Å². The van der Waals surface area contributed by atoms with Crippen molar-refractivity contribution >= 4 is 17.7 Å². The van der Waals surface area contributed by atoms with Crippen LogP contribution in [0.5, 0.6) is 0 Å². The zero-order valence-corrected chi connectivity index (χ0v) is 10.5. The maximum Gasteiger partial charge on any atom is 0.240 e. The molecule has 1 rings (SSSR count). The summed E-state index contributed by atoms with van der Waals surface area (Å²) in [4.78, 5) is 14.0. The van der Waals surface area contributed by atoms with E-state index in [1.165, 1.54) is 0 Å². The van der Waals surface area contributed by atoms with E-state index >= 15 is 0 Å². The molecule has 0 aliphatic carbocycles. The van der Waals surface area contributed by atoms with Crippen LogP contribution in [-0.2, 0) is 9.53 Å². The topological polar surface area (TPSA) is 41.6 Å². The first-order valence-corrected chi connectivity index (χ1v) is 6.42. The summed E-state index contributed by atoms with van der Waals surface area (Å²) in [7, 11) is 1.66. The predicted octanol–water partition coefficient (Wildman–Crippen LogP) is 0.532. The van der Waals surface area contributed by atoms with Crippen molar-refractivity contribution in [3.05, 3.63) is 0 Å². The lowest BCUT2D eigenvalue weighted by atomic mass is 10.2. The van der Waals surface area contributed by atoms with Gasteiger partial charge in [-0.15, -0.1) is 11.8 Å². The van der Waals surface area contributed by atoms with E-state index < -0.39 is 0 Å². The summed E-state index contributed by atoms with van der Waals surface area (Å²) in [6.07, 6.45) is 0. The van der Waals surface area contributed by atoms with Gasteiger partial charge >= 0.3 is 0 Å². The largest absolute Gasteiger partial charge is 0.383 e. The van der Waals surface area contributed by atoms with E-state index in [-0.39, 0.29) is 18.0 Å². The number of ether oxygens (including phenoxy) is 1. The van der Waals surface area contributed by atoms with Crippen molar-refractivity contribution in [2.45, 2.75) is 25.9 Å². The lowest BCUT2D eigenvalue weighted by Gasteiger charge is -2.28. The highest BCUT2D eigenvalue weighted by molar-refractivity contribution is 7.99. The number of nitrogens with zero attached hydrogens (tertiary/aromatic N) is 1. The molecule has 15 heavy (non-hydrogen) atoms. The minimum absolute atomic E-state index is 0.00532. The summed E-state index contributed by atoms with van der Waals surface area (Å²) in [5.74, 6) is 1.97. The molecule has 0 bridgehead atoms. The summed E-state index contributed by atoms with van der Waals surface area (Å²) < 4.78 is 5.02. The van der Waals surface area contributed by atoms with Crippen molar-refractivity contribution in [2.24, 2.45) is 0 Å². The van der Waals surface area contributed by atoms with Crippen LogP contribution in [0.15, 0.2) is 0 Å². The molecule has 1 heterocycles. The van der Waals surface area contributed by atoms with Crippen molar-refractivity contribution in [3.8, 4) is 0 Å². The summed E-state index contributed by atoms with van der Waals surface area (Å²) in [6, 6.07) is 0.231. The number of carbonyl (C=O) groups is 1. The molecule has 1 aliphatic heterocycles. The summed E-state index contributed by atoms with van der Waals surface area (Å²) >= 11 is 1.77. The Morgan fingerprint density at radius 1 is 1.67 bits per heavy atom. The van der Waals surface area contributed by atoms with Crippen molar-refractivity contribution in [3.63, 3.8) is 0 Å². The van der Waals surface area contributed by atoms with Gasteiger partial charge in [0.25, 0.3) is 0 Å². The Balaban J connectivity index is 2.49. The van der Waals surface area contributed by atoms with Gasteiger partial charge in [-0.3, -0.25) is 10.1 Å². The highest BCUT2D eigenvalue weighted by atomic mass is 32.2. The molecule has 5 heteroatoms. The Bertz CT molecular complexity index is 206. The fourth-order valence-electron chi connectivity index (χ4n) is 1.57. The molecule has 0 saturated carbocycles. The third-order valence-electron chi connectivity index (χ3n) is 2.46. The number of hydrogen-bond donors (Lipinski definition) is 1. The van der Waals surface area contributed by atoms with Crippen LogP contribution in [0.3, 0.4) is 0 Å². The number of rotatable bonds is 5. The molecule has 0 aromatic carbocycles. The lowest BCUT2D eigenvalue weighted by Crippen LogP contribution is -2.49. The molecular weight excluding hydrogens is 212 g/mol. The zero-order chi connectivity index (χ0) is 11.3. The first kappa shape index (κ1) is 12.8. The highest BCUT2D eigenvalue weighted by Gasteiger charge is 2.28. The van der Waals surface area contributed by atoms with E-state index in [0.29, 0.717) is 13.2 Å². The average Bonchev–Trinajstić information content (AvgIpc) is 2.70. The van der Waals surface area contributed by atoms with E-state index in [1.807, 2.05) is 18.7 Å². The van der Waals surface area contributed by atoms with Gasteiger partial charge in [0.15, 0.2) is 0 Å². The average molecular weight is 232 g/mol. The molecule has 1 aliphatic rings. The van der Waals surface area contributed by atoms with Gasteiger partial charge in [-0.25, -0.2) is 0 Å². The van der Waals surface area contributed by atoms with Crippen molar-refractivity contribution in [1.29, 1.82) is 0 Å². The fraction of sp³-hybridized carbons (Fsp3) is 0.900. The zero-order valence-electron chi connectivity index (χ0n) is 9.66. The van der Waals surface area contributed by atoms with E-state index in [9.17, 15) is 4.79 Å². The minimum Gasteiger partial charge on any atom is -0.383 e. The summed E-state index contributed by atoms with van der Waals surface area (Å²) in [5, 5.41) is 3.20. The molecule has 1 amide bonds. The number of nitrogens with one attached hydrogen (secondary N) is 1. The number of amides is 1. The summed E-state index contributed by atoms with van der Waals surface area (Å²) in [6.45, 7) is 5.35. The third kappa shape index (κ3) is 3.66. The smallest absolute Gasteiger partial charge is 0.240 e. The van der Waals surface area contributed by atoms with Gasteiger partial charge in [0.1, 0.15) is 0 Å². The number of methoxy groups -OCH3 is 1. The highest BCUT2D eigenvalue weighted by Crippen LogP contribution is 2.13. The van der Waals surface area contributed by atoms with Crippen molar-refractivity contribution in [1.82, 2.24) is 10.2 Å². The predicted molar refractivity (Wildman–Crippen MR) is 63.0 cm³/mol. The quantitative estimate of drug-likeness (QED) is 0.751. The second-order valence-electron chi connectivity index (χ2n) is 3.89. The summed E-state index contributed by atoms with van der Waals surface area (Å²) in [5.41, 5.74) is 0. The maximum absolute atomic E-state index is 12.1. The first-order chi connectivity index (χ1) is 7.16. The molecule has 0 spiro atoms. The van der Waals surface area contributed by atoms with E-state index in [0.717, 1.165) is 11.6 Å².